The van der Waals surface area contributed by atoms with Gasteiger partial charge >= 0.3 is 5.97 Å². The molecule has 116 valence electrons. The maximum atomic E-state index is 11.6. The highest BCUT2D eigenvalue weighted by atomic mass is 32.2. The first-order chi connectivity index (χ1) is 9.29. The molecule has 0 bridgehead atoms. The number of amides is 2. The van der Waals surface area contributed by atoms with Crippen molar-refractivity contribution in [1.29, 1.82) is 0 Å². The van der Waals surface area contributed by atoms with E-state index in [2.05, 4.69) is 10.6 Å². The van der Waals surface area contributed by atoms with E-state index in [4.69, 9.17) is 10.8 Å². The third kappa shape index (κ3) is 7.34. The van der Waals surface area contributed by atoms with Crippen molar-refractivity contribution in [1.82, 2.24) is 10.6 Å². The molecule has 0 saturated heterocycles. The number of nitrogens with one attached hydrogen (secondary N) is 2. The quantitative estimate of drug-likeness (QED) is 0.452. The fourth-order valence-corrected chi connectivity index (χ4v) is 1.80. The van der Waals surface area contributed by atoms with Crippen LogP contribution in [0.2, 0.25) is 0 Å². The molecule has 8 heteroatoms. The number of hydrogen-bond donors (Lipinski definition) is 4. The van der Waals surface area contributed by atoms with Crippen molar-refractivity contribution >= 4 is 29.5 Å². The van der Waals surface area contributed by atoms with Crippen molar-refractivity contribution in [3.63, 3.8) is 0 Å². The van der Waals surface area contributed by atoms with E-state index < -0.39 is 29.9 Å². The Labute approximate surface area is 123 Å². The normalized spacial score (nSPS) is 13.7. The molecule has 20 heavy (non-hydrogen) atoms. The summed E-state index contributed by atoms with van der Waals surface area (Å²) in [5, 5.41) is 13.7. The summed E-state index contributed by atoms with van der Waals surface area (Å²) in [4.78, 5) is 34.1. The average molecular weight is 305 g/mol. The molecule has 0 spiro atoms. The van der Waals surface area contributed by atoms with E-state index in [0.29, 0.717) is 12.2 Å². The molecule has 2 atom stereocenters. The van der Waals surface area contributed by atoms with Crippen LogP contribution in [0.4, 0.5) is 0 Å². The van der Waals surface area contributed by atoms with E-state index in [9.17, 15) is 14.4 Å². The first kappa shape index (κ1) is 18.7. The molecule has 0 unspecified atom stereocenters. The predicted octanol–water partition coefficient (Wildman–Crippen LogP) is -0.592. The molecule has 0 aliphatic carbocycles. The van der Waals surface area contributed by atoms with Gasteiger partial charge in [0.15, 0.2) is 0 Å². The second-order valence-corrected chi connectivity index (χ2v) is 5.71. The molecule has 0 aromatic rings. The maximum absolute atomic E-state index is 11.6. The van der Waals surface area contributed by atoms with Crippen LogP contribution in [0.1, 0.15) is 20.3 Å². The summed E-state index contributed by atoms with van der Waals surface area (Å²) in [6.07, 6.45) is 2.19. The highest BCUT2D eigenvalue weighted by Crippen LogP contribution is 2.01. The number of carbonyl (C=O) groups is 3. The van der Waals surface area contributed by atoms with Gasteiger partial charge in [-0.2, -0.15) is 11.8 Å². The van der Waals surface area contributed by atoms with Gasteiger partial charge in [0.2, 0.25) is 11.8 Å². The Morgan fingerprint density at radius 3 is 2.35 bits per heavy atom. The zero-order chi connectivity index (χ0) is 15.7. The molecule has 0 fully saturated rings. The van der Waals surface area contributed by atoms with Crippen molar-refractivity contribution in [3.8, 4) is 0 Å². The Kier molecular flexibility index (Phi) is 8.98. The average Bonchev–Trinajstić information content (AvgIpc) is 2.39. The summed E-state index contributed by atoms with van der Waals surface area (Å²) in [5.41, 5.74) is 5.62. The van der Waals surface area contributed by atoms with Gasteiger partial charge in [0.1, 0.15) is 6.04 Å². The lowest BCUT2D eigenvalue weighted by molar-refractivity contribution is -0.141. The minimum absolute atomic E-state index is 0.0357. The van der Waals surface area contributed by atoms with Gasteiger partial charge in [-0.05, 0) is 24.3 Å². The fourth-order valence-electron chi connectivity index (χ4n) is 1.33. The summed E-state index contributed by atoms with van der Waals surface area (Å²) < 4.78 is 0. The summed E-state index contributed by atoms with van der Waals surface area (Å²) in [6.45, 7) is 3.32. The van der Waals surface area contributed by atoms with Crippen LogP contribution >= 0.6 is 11.8 Å². The number of carboxylic acid groups (broad SMARTS) is 1. The number of thioether (sulfide) groups is 1. The molecular formula is C12H23N3O4S. The molecule has 0 aliphatic rings. The molecule has 2 amide bonds. The number of carbonyl (C=O) groups excluding carboxylic acids is 2. The molecule has 0 radical (unpaired) electrons. The number of carboxylic acids is 1. The van der Waals surface area contributed by atoms with Crippen LogP contribution in [0.25, 0.3) is 0 Å². The standard InChI is InChI=1S/C12H23N3O4S/c1-7(2)10(13)11(17)14-6-9(16)15-8(12(18)19)4-5-20-3/h7-8,10H,4-6,13H2,1-3H3,(H,14,17)(H,15,16)(H,18,19)/t8-,10+/m1/s1. The van der Waals surface area contributed by atoms with Gasteiger partial charge in [-0.15, -0.1) is 0 Å². The lowest BCUT2D eigenvalue weighted by atomic mass is 10.1. The molecule has 7 nitrogen and oxygen atoms in total. The highest BCUT2D eigenvalue weighted by molar-refractivity contribution is 7.98. The van der Waals surface area contributed by atoms with Gasteiger partial charge in [0.25, 0.3) is 0 Å². The summed E-state index contributed by atoms with van der Waals surface area (Å²) in [6, 6.07) is -1.62. The topological polar surface area (TPSA) is 122 Å². The molecule has 0 aromatic heterocycles. The summed E-state index contributed by atoms with van der Waals surface area (Å²) >= 11 is 1.50. The van der Waals surface area contributed by atoms with Gasteiger partial charge in [-0.25, -0.2) is 4.79 Å². The largest absolute Gasteiger partial charge is 0.480 e. The number of aliphatic carboxylic acids is 1. The van der Waals surface area contributed by atoms with E-state index in [1.165, 1.54) is 11.8 Å². The van der Waals surface area contributed by atoms with Crippen molar-refractivity contribution in [2.45, 2.75) is 32.4 Å². The van der Waals surface area contributed by atoms with E-state index in [-0.39, 0.29) is 12.5 Å². The van der Waals surface area contributed by atoms with E-state index in [1.807, 2.05) is 6.26 Å². The molecule has 0 saturated carbocycles. The van der Waals surface area contributed by atoms with Gasteiger partial charge in [0.05, 0.1) is 12.6 Å². The monoisotopic (exact) mass is 305 g/mol. The Morgan fingerprint density at radius 2 is 1.90 bits per heavy atom. The van der Waals surface area contributed by atoms with E-state index >= 15 is 0 Å². The van der Waals surface area contributed by atoms with Crippen molar-refractivity contribution in [2.24, 2.45) is 11.7 Å². The molecule has 5 N–H and O–H groups in total. The Balaban J connectivity index is 4.20. The second-order valence-electron chi connectivity index (χ2n) is 4.73. The first-order valence-corrected chi connectivity index (χ1v) is 7.73. The smallest absolute Gasteiger partial charge is 0.326 e. The van der Waals surface area contributed by atoms with Crippen LogP contribution in [0.5, 0.6) is 0 Å². The summed E-state index contributed by atoms with van der Waals surface area (Å²) in [5.74, 6) is -1.46. The third-order valence-corrected chi connectivity index (χ3v) is 3.33. The van der Waals surface area contributed by atoms with E-state index in [1.54, 1.807) is 13.8 Å². The lowest BCUT2D eigenvalue weighted by Gasteiger charge is -2.17. The second kappa shape index (κ2) is 9.60. The van der Waals surface area contributed by atoms with Crippen molar-refractivity contribution in [2.75, 3.05) is 18.6 Å². The van der Waals surface area contributed by atoms with Crippen LogP contribution in [0.3, 0.4) is 0 Å². The van der Waals surface area contributed by atoms with Crippen LogP contribution in [-0.4, -0.2) is 53.5 Å². The Hall–Kier alpha value is -1.28. The van der Waals surface area contributed by atoms with Crippen molar-refractivity contribution < 1.29 is 19.5 Å². The molecule has 0 heterocycles. The number of nitrogens with two attached hydrogens (primary N) is 1. The van der Waals surface area contributed by atoms with Crippen LogP contribution in [0.15, 0.2) is 0 Å². The first-order valence-electron chi connectivity index (χ1n) is 6.34. The van der Waals surface area contributed by atoms with Gasteiger partial charge in [0, 0.05) is 0 Å². The lowest BCUT2D eigenvalue weighted by Crippen LogP contribution is -2.49. The third-order valence-electron chi connectivity index (χ3n) is 2.69. The van der Waals surface area contributed by atoms with Gasteiger partial charge in [-0.3, -0.25) is 9.59 Å². The van der Waals surface area contributed by atoms with Crippen LogP contribution in [0, 0.1) is 5.92 Å². The van der Waals surface area contributed by atoms with Crippen LogP contribution in [-0.2, 0) is 14.4 Å². The molecule has 0 aliphatic heterocycles. The molecular weight excluding hydrogens is 282 g/mol. The predicted molar refractivity (Wildman–Crippen MR) is 78.4 cm³/mol. The van der Waals surface area contributed by atoms with E-state index in [0.717, 1.165) is 0 Å². The molecule has 0 aromatic carbocycles. The van der Waals surface area contributed by atoms with Gasteiger partial charge in [-0.1, -0.05) is 13.8 Å². The number of hydrogen-bond acceptors (Lipinski definition) is 5. The van der Waals surface area contributed by atoms with Gasteiger partial charge < -0.3 is 21.5 Å². The SMILES string of the molecule is CSCC[C@@H](NC(=O)CNC(=O)[C@@H](N)C(C)C)C(=O)O. The zero-order valence-corrected chi connectivity index (χ0v) is 12.8. The number of rotatable bonds is 9. The minimum atomic E-state index is -1.09. The van der Waals surface area contributed by atoms with Crippen molar-refractivity contribution in [3.05, 3.63) is 0 Å². The van der Waals surface area contributed by atoms with Crippen LogP contribution < -0.4 is 16.4 Å². The minimum Gasteiger partial charge on any atom is -0.480 e. The zero-order valence-electron chi connectivity index (χ0n) is 12.0. The Morgan fingerprint density at radius 1 is 1.30 bits per heavy atom. The molecule has 0 rings (SSSR count). The maximum Gasteiger partial charge on any atom is 0.326 e. The highest BCUT2D eigenvalue weighted by Gasteiger charge is 2.21. The Bertz CT molecular complexity index is 350. The fraction of sp³-hybridized carbons (Fsp3) is 0.750. The summed E-state index contributed by atoms with van der Waals surface area (Å²) in [7, 11) is 0.